The summed E-state index contributed by atoms with van der Waals surface area (Å²) in [6.45, 7) is 4.16. The zero-order chi connectivity index (χ0) is 22.1. The van der Waals surface area contributed by atoms with Gasteiger partial charge in [-0.25, -0.2) is 0 Å². The maximum absolute atomic E-state index is 12.4. The van der Waals surface area contributed by atoms with Gasteiger partial charge in [0.25, 0.3) is 11.8 Å². The van der Waals surface area contributed by atoms with Crippen LogP contribution in [0.4, 0.5) is 0 Å². The molecule has 2 aromatic rings. The fourth-order valence-electron chi connectivity index (χ4n) is 3.30. The van der Waals surface area contributed by atoms with E-state index in [-0.39, 0.29) is 18.4 Å². The molecule has 2 amide bonds. The lowest BCUT2D eigenvalue weighted by Crippen LogP contribution is -2.51. The lowest BCUT2D eigenvalue weighted by atomic mass is 10.2. The van der Waals surface area contributed by atoms with Gasteiger partial charge in [-0.3, -0.25) is 14.5 Å². The Morgan fingerprint density at radius 3 is 1.97 bits per heavy atom. The zero-order valence-corrected chi connectivity index (χ0v) is 18.0. The Hall–Kier alpha value is -3.26. The molecule has 31 heavy (non-hydrogen) atoms. The van der Waals surface area contributed by atoms with Gasteiger partial charge < -0.3 is 24.4 Å². The Kier molecular flexibility index (Phi) is 8.12. The minimum atomic E-state index is -0.104. The smallest absolute Gasteiger partial charge is 0.260 e. The number of methoxy groups -OCH3 is 2. The molecule has 0 atom stereocenters. The van der Waals surface area contributed by atoms with Crippen LogP contribution in [0.25, 0.3) is 0 Å². The highest BCUT2D eigenvalue weighted by Gasteiger charge is 2.21. The van der Waals surface area contributed by atoms with Crippen LogP contribution in [0.2, 0.25) is 0 Å². The standard InChI is InChI=1S/C23H29N3O5/c1-29-19-5-3-18(4-6-19)23(28)24-11-12-25-13-15-26(16-14-25)22(27)17-31-21-9-7-20(30-2)8-10-21/h3-10H,11-17H2,1-2H3,(H,24,28). The predicted molar refractivity (Wildman–Crippen MR) is 117 cm³/mol. The fraction of sp³-hybridized carbons (Fsp3) is 0.391. The molecule has 1 heterocycles. The van der Waals surface area contributed by atoms with Crippen molar-refractivity contribution in [3.05, 3.63) is 54.1 Å². The van der Waals surface area contributed by atoms with E-state index in [2.05, 4.69) is 10.2 Å². The molecule has 0 unspecified atom stereocenters. The van der Waals surface area contributed by atoms with E-state index in [0.29, 0.717) is 30.9 Å². The topological polar surface area (TPSA) is 80.3 Å². The van der Waals surface area contributed by atoms with Gasteiger partial charge in [0, 0.05) is 44.8 Å². The van der Waals surface area contributed by atoms with Gasteiger partial charge in [0.2, 0.25) is 0 Å². The molecule has 0 radical (unpaired) electrons. The number of ether oxygens (including phenoxy) is 3. The molecule has 3 rings (SSSR count). The zero-order valence-electron chi connectivity index (χ0n) is 18.0. The lowest BCUT2D eigenvalue weighted by molar-refractivity contribution is -0.135. The number of benzene rings is 2. The monoisotopic (exact) mass is 427 g/mol. The second kappa shape index (κ2) is 11.2. The van der Waals surface area contributed by atoms with Crippen LogP contribution in [0.1, 0.15) is 10.4 Å². The number of hydrogen-bond donors (Lipinski definition) is 1. The number of nitrogens with zero attached hydrogens (tertiary/aromatic N) is 2. The van der Waals surface area contributed by atoms with Crippen molar-refractivity contribution in [3.63, 3.8) is 0 Å². The van der Waals surface area contributed by atoms with Crippen molar-refractivity contribution in [2.45, 2.75) is 0 Å². The molecule has 0 bridgehead atoms. The molecule has 1 saturated heterocycles. The second-order valence-electron chi connectivity index (χ2n) is 7.17. The highest BCUT2D eigenvalue weighted by atomic mass is 16.5. The minimum Gasteiger partial charge on any atom is -0.497 e. The van der Waals surface area contributed by atoms with Gasteiger partial charge in [-0.2, -0.15) is 0 Å². The van der Waals surface area contributed by atoms with E-state index in [1.807, 2.05) is 4.90 Å². The molecule has 8 nitrogen and oxygen atoms in total. The second-order valence-corrected chi connectivity index (χ2v) is 7.17. The van der Waals surface area contributed by atoms with E-state index in [1.165, 1.54) is 0 Å². The van der Waals surface area contributed by atoms with Crippen LogP contribution >= 0.6 is 0 Å². The van der Waals surface area contributed by atoms with Crippen LogP contribution in [0.3, 0.4) is 0 Å². The molecule has 0 saturated carbocycles. The van der Waals surface area contributed by atoms with Crippen LogP contribution in [0, 0.1) is 0 Å². The number of rotatable bonds is 9. The summed E-state index contributed by atoms with van der Waals surface area (Å²) in [5.74, 6) is 1.98. The molecule has 8 heteroatoms. The third-order valence-electron chi connectivity index (χ3n) is 5.21. The summed E-state index contributed by atoms with van der Waals surface area (Å²) >= 11 is 0. The van der Waals surface area contributed by atoms with Gasteiger partial charge in [0.15, 0.2) is 6.61 Å². The van der Waals surface area contributed by atoms with E-state index in [0.717, 1.165) is 31.1 Å². The number of nitrogens with one attached hydrogen (secondary N) is 1. The van der Waals surface area contributed by atoms with Crippen LogP contribution in [-0.2, 0) is 4.79 Å². The average molecular weight is 428 g/mol. The van der Waals surface area contributed by atoms with Crippen LogP contribution < -0.4 is 19.5 Å². The Bertz CT molecular complexity index is 847. The molecule has 166 valence electrons. The van der Waals surface area contributed by atoms with Gasteiger partial charge in [-0.05, 0) is 48.5 Å². The molecule has 0 spiro atoms. The van der Waals surface area contributed by atoms with Crippen LogP contribution in [-0.4, -0.2) is 81.7 Å². The number of amides is 2. The summed E-state index contributed by atoms with van der Waals surface area (Å²) < 4.78 is 15.8. The third kappa shape index (κ3) is 6.62. The van der Waals surface area contributed by atoms with E-state index in [9.17, 15) is 9.59 Å². The molecular formula is C23H29N3O5. The predicted octanol–water partition coefficient (Wildman–Crippen LogP) is 1.66. The summed E-state index contributed by atoms with van der Waals surface area (Å²) in [7, 11) is 3.20. The van der Waals surface area contributed by atoms with Crippen molar-refractivity contribution in [1.82, 2.24) is 15.1 Å². The van der Waals surface area contributed by atoms with Crippen molar-refractivity contribution >= 4 is 11.8 Å². The van der Waals surface area contributed by atoms with Crippen LogP contribution in [0.15, 0.2) is 48.5 Å². The number of carbonyl (C=O) groups is 2. The summed E-state index contributed by atoms with van der Waals surface area (Å²) in [5.41, 5.74) is 0.605. The van der Waals surface area contributed by atoms with E-state index >= 15 is 0 Å². The minimum absolute atomic E-state index is 0.0181. The van der Waals surface area contributed by atoms with E-state index < -0.39 is 0 Å². The van der Waals surface area contributed by atoms with Gasteiger partial charge in [0.1, 0.15) is 17.2 Å². The van der Waals surface area contributed by atoms with Crippen molar-refractivity contribution in [3.8, 4) is 17.2 Å². The first-order chi connectivity index (χ1) is 15.1. The molecule has 2 aromatic carbocycles. The first-order valence-electron chi connectivity index (χ1n) is 10.3. The quantitative estimate of drug-likeness (QED) is 0.656. The van der Waals surface area contributed by atoms with E-state index in [1.54, 1.807) is 62.8 Å². The van der Waals surface area contributed by atoms with Gasteiger partial charge in [-0.15, -0.1) is 0 Å². The molecule has 1 aliphatic heterocycles. The normalized spacial score (nSPS) is 14.1. The average Bonchev–Trinajstić information content (AvgIpc) is 2.83. The summed E-state index contributed by atoms with van der Waals surface area (Å²) in [6, 6.07) is 14.2. The van der Waals surface area contributed by atoms with Crippen LogP contribution in [0.5, 0.6) is 17.2 Å². The number of piperazine rings is 1. The highest BCUT2D eigenvalue weighted by Crippen LogP contribution is 2.17. The molecule has 1 N–H and O–H groups in total. The van der Waals surface area contributed by atoms with Gasteiger partial charge in [-0.1, -0.05) is 0 Å². The Balaban J connectivity index is 1.33. The Morgan fingerprint density at radius 2 is 1.39 bits per heavy atom. The largest absolute Gasteiger partial charge is 0.497 e. The SMILES string of the molecule is COc1ccc(OCC(=O)N2CCN(CCNC(=O)c3ccc(OC)cc3)CC2)cc1. The van der Waals surface area contributed by atoms with Crippen molar-refractivity contribution in [1.29, 1.82) is 0 Å². The van der Waals surface area contributed by atoms with E-state index in [4.69, 9.17) is 14.2 Å². The highest BCUT2D eigenvalue weighted by molar-refractivity contribution is 5.94. The van der Waals surface area contributed by atoms with Crippen molar-refractivity contribution < 1.29 is 23.8 Å². The summed E-state index contributed by atoms with van der Waals surface area (Å²) in [6.07, 6.45) is 0. The molecular weight excluding hydrogens is 398 g/mol. The maximum atomic E-state index is 12.4. The Labute approximate surface area is 182 Å². The number of carbonyl (C=O) groups excluding carboxylic acids is 2. The maximum Gasteiger partial charge on any atom is 0.260 e. The first kappa shape index (κ1) is 22.4. The summed E-state index contributed by atoms with van der Waals surface area (Å²) in [4.78, 5) is 28.7. The van der Waals surface area contributed by atoms with Gasteiger partial charge >= 0.3 is 0 Å². The lowest BCUT2D eigenvalue weighted by Gasteiger charge is -2.34. The fourth-order valence-corrected chi connectivity index (χ4v) is 3.30. The van der Waals surface area contributed by atoms with Crippen molar-refractivity contribution in [2.75, 3.05) is 60.1 Å². The van der Waals surface area contributed by atoms with Gasteiger partial charge in [0.05, 0.1) is 14.2 Å². The number of hydrogen-bond acceptors (Lipinski definition) is 6. The molecule has 1 fully saturated rings. The summed E-state index contributed by atoms with van der Waals surface area (Å²) in [5, 5.41) is 2.93. The Morgan fingerprint density at radius 1 is 0.839 bits per heavy atom. The molecule has 0 aromatic heterocycles. The van der Waals surface area contributed by atoms with Crippen molar-refractivity contribution in [2.24, 2.45) is 0 Å². The molecule has 1 aliphatic rings. The third-order valence-corrected chi connectivity index (χ3v) is 5.21. The molecule has 0 aliphatic carbocycles. The first-order valence-corrected chi connectivity index (χ1v) is 10.3.